The van der Waals surface area contributed by atoms with E-state index in [1.165, 1.54) is 8.00 Å². The number of hydrogen-bond acceptors (Lipinski definition) is 3. The second-order valence-corrected chi connectivity index (χ2v) is 6.42. The van der Waals surface area contributed by atoms with Crippen molar-refractivity contribution in [3.8, 4) is 0 Å². The molecule has 0 aromatic carbocycles. The lowest BCUT2D eigenvalue weighted by molar-refractivity contribution is 0.953. The van der Waals surface area contributed by atoms with Gasteiger partial charge in [-0.05, 0) is 28.1 Å². The Kier molecular flexibility index (Phi) is 3.92. The molecule has 62 valence electrons. The molecule has 1 aromatic heterocycles. The second kappa shape index (κ2) is 4.50. The van der Waals surface area contributed by atoms with E-state index in [-0.39, 0.29) is 0 Å². The third-order valence-corrected chi connectivity index (χ3v) is 4.12. The summed E-state index contributed by atoms with van der Waals surface area (Å²) in [5.74, 6) is 0. The van der Waals surface area contributed by atoms with Crippen molar-refractivity contribution in [1.29, 1.82) is 0 Å². The van der Waals surface area contributed by atoms with Crippen molar-refractivity contribution >= 4 is 39.0 Å². The fraction of sp³-hybridized carbons (Fsp3) is 0.429. The molecular weight excluding hydrogens is 242 g/mol. The lowest BCUT2D eigenvalue weighted by atomic mass is 10.5. The second-order valence-electron chi connectivity index (χ2n) is 2.22. The number of halogens is 1. The van der Waals surface area contributed by atoms with E-state index in [0.717, 1.165) is 6.54 Å². The van der Waals surface area contributed by atoms with E-state index in [9.17, 15) is 0 Å². The fourth-order valence-electron chi connectivity index (χ4n) is 0.607. The number of thioether (sulfide) groups is 1. The molecule has 1 nitrogen and oxygen atoms in total. The first kappa shape index (κ1) is 9.58. The minimum atomic E-state index is 0.514. The van der Waals surface area contributed by atoms with Crippen LogP contribution in [0.15, 0.2) is 20.1 Å². The Morgan fingerprint density at radius 2 is 2.45 bits per heavy atom. The molecule has 0 aliphatic heterocycles. The monoisotopic (exact) mass is 251 g/mol. The van der Waals surface area contributed by atoms with Crippen LogP contribution in [0, 0.1) is 0 Å². The van der Waals surface area contributed by atoms with Crippen molar-refractivity contribution in [1.82, 2.24) is 0 Å². The maximum atomic E-state index is 5.50. The van der Waals surface area contributed by atoms with Crippen LogP contribution in [0.25, 0.3) is 0 Å². The third-order valence-electron chi connectivity index (χ3n) is 1.20. The van der Waals surface area contributed by atoms with Gasteiger partial charge in [-0.15, -0.1) is 23.1 Å². The minimum absolute atomic E-state index is 0.514. The number of thiophene rings is 1. The Balaban J connectivity index is 2.50. The molecule has 0 fully saturated rings. The van der Waals surface area contributed by atoms with Crippen LogP contribution in [0.1, 0.15) is 6.92 Å². The van der Waals surface area contributed by atoms with Crippen LogP contribution in [0.2, 0.25) is 0 Å². The quantitative estimate of drug-likeness (QED) is 0.837. The van der Waals surface area contributed by atoms with E-state index < -0.39 is 0 Å². The Morgan fingerprint density at radius 3 is 2.91 bits per heavy atom. The van der Waals surface area contributed by atoms with E-state index in [1.54, 1.807) is 11.3 Å². The van der Waals surface area contributed by atoms with Gasteiger partial charge < -0.3 is 5.73 Å². The van der Waals surface area contributed by atoms with Gasteiger partial charge >= 0.3 is 0 Å². The molecule has 0 saturated carbocycles. The van der Waals surface area contributed by atoms with Gasteiger partial charge in [-0.25, -0.2) is 0 Å². The lowest BCUT2D eigenvalue weighted by Gasteiger charge is -2.03. The highest BCUT2D eigenvalue weighted by molar-refractivity contribution is 9.11. The van der Waals surface area contributed by atoms with Gasteiger partial charge in [0.05, 0.1) is 8.00 Å². The highest BCUT2D eigenvalue weighted by Crippen LogP contribution is 2.32. The predicted molar refractivity (Wildman–Crippen MR) is 56.4 cm³/mol. The van der Waals surface area contributed by atoms with Crippen molar-refractivity contribution < 1.29 is 0 Å². The highest BCUT2D eigenvalue weighted by Gasteiger charge is 2.03. The molecule has 0 aliphatic rings. The standard InChI is InChI=1S/C7H10BrNS2/c1-5(4-9)10-7-3-2-6(8)11-7/h2-3,5H,4,9H2,1H3. The molecule has 2 N–H and O–H groups in total. The van der Waals surface area contributed by atoms with Gasteiger partial charge in [0.25, 0.3) is 0 Å². The summed E-state index contributed by atoms with van der Waals surface area (Å²) in [5, 5.41) is 0.514. The summed E-state index contributed by atoms with van der Waals surface area (Å²) >= 11 is 7.00. The molecule has 1 aromatic rings. The summed E-state index contributed by atoms with van der Waals surface area (Å²) in [6, 6.07) is 4.18. The van der Waals surface area contributed by atoms with Gasteiger partial charge in [-0.2, -0.15) is 0 Å². The molecule has 1 atom stereocenters. The van der Waals surface area contributed by atoms with Gasteiger partial charge in [0, 0.05) is 11.8 Å². The molecule has 1 heterocycles. The largest absolute Gasteiger partial charge is 0.329 e. The summed E-state index contributed by atoms with van der Waals surface area (Å²) in [7, 11) is 0. The van der Waals surface area contributed by atoms with E-state index in [1.807, 2.05) is 11.8 Å². The van der Waals surface area contributed by atoms with Crippen LogP contribution in [0.4, 0.5) is 0 Å². The lowest BCUT2D eigenvalue weighted by Crippen LogP contribution is -2.11. The van der Waals surface area contributed by atoms with Crippen molar-refractivity contribution in [2.24, 2.45) is 5.73 Å². The van der Waals surface area contributed by atoms with Crippen molar-refractivity contribution in [3.05, 3.63) is 15.9 Å². The first-order valence-electron chi connectivity index (χ1n) is 3.34. The van der Waals surface area contributed by atoms with Crippen LogP contribution in [0.5, 0.6) is 0 Å². The maximum absolute atomic E-state index is 5.50. The average molecular weight is 252 g/mol. The Labute approximate surface area is 83.5 Å². The Hall–Kier alpha value is 0.490. The SMILES string of the molecule is CC(CN)Sc1ccc(Br)s1. The van der Waals surface area contributed by atoms with Gasteiger partial charge in [0.2, 0.25) is 0 Å². The first-order chi connectivity index (χ1) is 5.22. The van der Waals surface area contributed by atoms with Crippen LogP contribution in [-0.2, 0) is 0 Å². The van der Waals surface area contributed by atoms with E-state index in [0.29, 0.717) is 5.25 Å². The van der Waals surface area contributed by atoms with Crippen molar-refractivity contribution in [2.45, 2.75) is 16.4 Å². The molecule has 0 aliphatic carbocycles. The first-order valence-corrected chi connectivity index (χ1v) is 5.83. The third kappa shape index (κ3) is 3.15. The summed E-state index contributed by atoms with van der Waals surface area (Å²) in [6.45, 7) is 2.87. The van der Waals surface area contributed by atoms with Gasteiger partial charge in [-0.1, -0.05) is 6.92 Å². The molecule has 4 heteroatoms. The van der Waals surface area contributed by atoms with Crippen LogP contribution in [-0.4, -0.2) is 11.8 Å². The van der Waals surface area contributed by atoms with E-state index in [4.69, 9.17) is 5.73 Å². The van der Waals surface area contributed by atoms with Gasteiger partial charge in [-0.3, -0.25) is 0 Å². The van der Waals surface area contributed by atoms with Crippen LogP contribution < -0.4 is 5.73 Å². The van der Waals surface area contributed by atoms with Crippen LogP contribution in [0.3, 0.4) is 0 Å². The summed E-state index contributed by atoms with van der Waals surface area (Å²) < 4.78 is 2.51. The zero-order valence-corrected chi connectivity index (χ0v) is 9.43. The minimum Gasteiger partial charge on any atom is -0.329 e. The molecule has 0 spiro atoms. The molecule has 1 unspecified atom stereocenters. The summed E-state index contributed by atoms with van der Waals surface area (Å²) in [6.07, 6.45) is 0. The average Bonchev–Trinajstić information content (AvgIpc) is 2.35. The molecule has 0 radical (unpaired) electrons. The predicted octanol–water partition coefficient (Wildman–Crippen LogP) is 2.95. The number of nitrogens with two attached hydrogens (primary N) is 1. The zero-order valence-electron chi connectivity index (χ0n) is 6.21. The van der Waals surface area contributed by atoms with Crippen molar-refractivity contribution in [3.63, 3.8) is 0 Å². The summed E-state index contributed by atoms with van der Waals surface area (Å²) in [4.78, 5) is 0. The Bertz CT molecular complexity index is 224. The van der Waals surface area contributed by atoms with Gasteiger partial charge in [0.1, 0.15) is 0 Å². The number of rotatable bonds is 3. The maximum Gasteiger partial charge on any atom is 0.0710 e. The molecule has 0 bridgehead atoms. The van der Waals surface area contributed by atoms with Crippen molar-refractivity contribution in [2.75, 3.05) is 6.54 Å². The van der Waals surface area contributed by atoms with Crippen LogP contribution >= 0.6 is 39.0 Å². The Morgan fingerprint density at radius 1 is 1.73 bits per heavy atom. The van der Waals surface area contributed by atoms with E-state index in [2.05, 4.69) is 35.0 Å². The zero-order chi connectivity index (χ0) is 8.27. The molecule has 0 saturated heterocycles. The fourth-order valence-corrected chi connectivity index (χ4v) is 3.64. The molecular formula is C7H10BrNS2. The molecule has 1 rings (SSSR count). The van der Waals surface area contributed by atoms with Gasteiger partial charge in [0.15, 0.2) is 0 Å². The summed E-state index contributed by atoms with van der Waals surface area (Å²) in [5.41, 5.74) is 5.50. The highest BCUT2D eigenvalue weighted by atomic mass is 79.9. The number of hydrogen-bond donors (Lipinski definition) is 1. The molecule has 0 amide bonds. The smallest absolute Gasteiger partial charge is 0.0710 e. The van der Waals surface area contributed by atoms with E-state index >= 15 is 0 Å². The topological polar surface area (TPSA) is 26.0 Å². The normalized spacial score (nSPS) is 13.4. The molecule has 11 heavy (non-hydrogen) atoms.